The summed E-state index contributed by atoms with van der Waals surface area (Å²) in [7, 11) is 1.68. The van der Waals surface area contributed by atoms with Crippen LogP contribution in [0.5, 0.6) is 5.75 Å². The van der Waals surface area contributed by atoms with E-state index < -0.39 is 0 Å². The first-order valence-corrected chi connectivity index (χ1v) is 5.37. The van der Waals surface area contributed by atoms with Gasteiger partial charge in [-0.25, -0.2) is 0 Å². The highest BCUT2D eigenvalue weighted by molar-refractivity contribution is 5.72. The molecule has 1 amide bonds. The fourth-order valence-electron chi connectivity index (χ4n) is 1.94. The summed E-state index contributed by atoms with van der Waals surface area (Å²) in [6.07, 6.45) is 3.88. The number of nitrogens with zero attached hydrogens (tertiary/aromatic N) is 1. The Bertz CT molecular complexity index is 412. The van der Waals surface area contributed by atoms with E-state index in [1.165, 1.54) is 5.57 Å². The van der Waals surface area contributed by atoms with Crippen LogP contribution in [0.2, 0.25) is 0 Å². The van der Waals surface area contributed by atoms with E-state index in [1.807, 2.05) is 18.2 Å². The standard InChI is InChI=1S/C13H15NO2/c1-16-13-5-3-2-4-12(13)11-6-8-14(10-15)9-7-11/h2-6,10H,7-9H2,1H3. The Hall–Kier alpha value is -1.77. The van der Waals surface area contributed by atoms with Crippen LogP contribution in [0.3, 0.4) is 0 Å². The van der Waals surface area contributed by atoms with Crippen LogP contribution in [0, 0.1) is 0 Å². The topological polar surface area (TPSA) is 29.5 Å². The molecule has 0 fully saturated rings. The van der Waals surface area contributed by atoms with E-state index in [-0.39, 0.29) is 0 Å². The van der Waals surface area contributed by atoms with Gasteiger partial charge in [0.05, 0.1) is 7.11 Å². The number of amides is 1. The average Bonchev–Trinajstić information content (AvgIpc) is 2.39. The molecule has 3 heteroatoms. The molecule has 0 radical (unpaired) electrons. The Labute approximate surface area is 95.3 Å². The smallest absolute Gasteiger partial charge is 0.209 e. The van der Waals surface area contributed by atoms with Crippen molar-refractivity contribution in [2.75, 3.05) is 20.2 Å². The number of carbonyl (C=O) groups is 1. The third kappa shape index (κ3) is 2.08. The van der Waals surface area contributed by atoms with Gasteiger partial charge in [-0.05, 0) is 18.1 Å². The molecule has 0 saturated heterocycles. The van der Waals surface area contributed by atoms with Gasteiger partial charge in [-0.1, -0.05) is 24.3 Å². The maximum atomic E-state index is 10.6. The van der Waals surface area contributed by atoms with Crippen LogP contribution < -0.4 is 4.74 Å². The summed E-state index contributed by atoms with van der Waals surface area (Å²) in [4.78, 5) is 12.4. The van der Waals surface area contributed by atoms with Crippen LogP contribution in [0.1, 0.15) is 12.0 Å². The molecule has 0 bridgehead atoms. The van der Waals surface area contributed by atoms with Gasteiger partial charge in [0.25, 0.3) is 0 Å². The second kappa shape index (κ2) is 4.84. The summed E-state index contributed by atoms with van der Waals surface area (Å²) in [6, 6.07) is 7.98. The maximum absolute atomic E-state index is 10.6. The molecule has 0 aliphatic carbocycles. The summed E-state index contributed by atoms with van der Waals surface area (Å²) in [5, 5.41) is 0. The van der Waals surface area contributed by atoms with Crippen LogP contribution in [0.15, 0.2) is 30.3 Å². The van der Waals surface area contributed by atoms with Crippen molar-refractivity contribution in [3.05, 3.63) is 35.9 Å². The Balaban J connectivity index is 2.25. The minimum Gasteiger partial charge on any atom is -0.496 e. The molecule has 0 N–H and O–H groups in total. The van der Waals surface area contributed by atoms with Crippen molar-refractivity contribution in [3.8, 4) is 5.75 Å². The third-order valence-electron chi connectivity index (χ3n) is 2.84. The molecule has 2 rings (SSSR count). The molecule has 1 aliphatic rings. The summed E-state index contributed by atoms with van der Waals surface area (Å²) < 4.78 is 5.33. The van der Waals surface area contributed by atoms with Crippen LogP contribution in [0.25, 0.3) is 5.57 Å². The number of methoxy groups -OCH3 is 1. The van der Waals surface area contributed by atoms with E-state index in [2.05, 4.69) is 12.1 Å². The molecule has 1 heterocycles. The van der Waals surface area contributed by atoms with Crippen LogP contribution in [-0.4, -0.2) is 31.5 Å². The molecule has 0 aromatic heterocycles. The van der Waals surface area contributed by atoms with Gasteiger partial charge in [-0.2, -0.15) is 0 Å². The van der Waals surface area contributed by atoms with Crippen molar-refractivity contribution in [1.82, 2.24) is 4.90 Å². The summed E-state index contributed by atoms with van der Waals surface area (Å²) in [6.45, 7) is 1.48. The number of benzene rings is 1. The highest BCUT2D eigenvalue weighted by atomic mass is 16.5. The van der Waals surface area contributed by atoms with Gasteiger partial charge in [0.15, 0.2) is 0 Å². The average molecular weight is 217 g/mol. The lowest BCUT2D eigenvalue weighted by Gasteiger charge is -2.23. The summed E-state index contributed by atoms with van der Waals surface area (Å²) >= 11 is 0. The van der Waals surface area contributed by atoms with Crippen LogP contribution in [-0.2, 0) is 4.79 Å². The number of rotatable bonds is 3. The van der Waals surface area contributed by atoms with Crippen molar-refractivity contribution in [1.29, 1.82) is 0 Å². The predicted molar refractivity (Wildman–Crippen MR) is 63.2 cm³/mol. The Morgan fingerprint density at radius 2 is 2.19 bits per heavy atom. The minimum absolute atomic E-state index is 0.691. The summed E-state index contributed by atoms with van der Waals surface area (Å²) in [5.41, 5.74) is 2.39. The number of ether oxygens (including phenoxy) is 1. The zero-order chi connectivity index (χ0) is 11.4. The van der Waals surface area contributed by atoms with E-state index >= 15 is 0 Å². The number of para-hydroxylation sites is 1. The quantitative estimate of drug-likeness (QED) is 0.724. The van der Waals surface area contributed by atoms with Gasteiger partial charge in [0.2, 0.25) is 6.41 Å². The molecule has 0 saturated carbocycles. The molecule has 0 spiro atoms. The first kappa shape index (κ1) is 10.7. The molecular formula is C13H15NO2. The Morgan fingerprint density at radius 1 is 1.38 bits per heavy atom. The van der Waals surface area contributed by atoms with Crippen molar-refractivity contribution >= 4 is 12.0 Å². The third-order valence-corrected chi connectivity index (χ3v) is 2.84. The van der Waals surface area contributed by atoms with E-state index in [0.29, 0.717) is 6.54 Å². The molecule has 1 aliphatic heterocycles. The van der Waals surface area contributed by atoms with Gasteiger partial charge >= 0.3 is 0 Å². The van der Waals surface area contributed by atoms with Gasteiger partial charge < -0.3 is 9.64 Å². The fraction of sp³-hybridized carbons (Fsp3) is 0.308. The van der Waals surface area contributed by atoms with Crippen molar-refractivity contribution in [2.45, 2.75) is 6.42 Å². The monoisotopic (exact) mass is 217 g/mol. The van der Waals surface area contributed by atoms with E-state index in [4.69, 9.17) is 4.74 Å². The number of hydrogen-bond donors (Lipinski definition) is 0. The second-order valence-corrected chi connectivity index (χ2v) is 3.78. The molecule has 0 unspecified atom stereocenters. The lowest BCUT2D eigenvalue weighted by Crippen LogP contribution is -2.26. The van der Waals surface area contributed by atoms with Crippen molar-refractivity contribution in [3.63, 3.8) is 0 Å². The van der Waals surface area contributed by atoms with Gasteiger partial charge in [-0.15, -0.1) is 0 Å². The lowest BCUT2D eigenvalue weighted by molar-refractivity contribution is -0.117. The normalized spacial score (nSPS) is 15.6. The van der Waals surface area contributed by atoms with Gasteiger partial charge in [-0.3, -0.25) is 4.79 Å². The highest BCUT2D eigenvalue weighted by Gasteiger charge is 2.13. The van der Waals surface area contributed by atoms with Crippen molar-refractivity contribution in [2.24, 2.45) is 0 Å². The number of hydrogen-bond acceptors (Lipinski definition) is 2. The SMILES string of the molecule is COc1ccccc1C1=CCN(C=O)CC1. The molecule has 3 nitrogen and oxygen atoms in total. The van der Waals surface area contributed by atoms with Gasteiger partial charge in [0.1, 0.15) is 5.75 Å². The molecule has 1 aromatic carbocycles. The second-order valence-electron chi connectivity index (χ2n) is 3.78. The summed E-state index contributed by atoms with van der Waals surface area (Å²) in [5.74, 6) is 0.897. The first-order valence-electron chi connectivity index (χ1n) is 5.37. The zero-order valence-electron chi connectivity index (χ0n) is 9.35. The van der Waals surface area contributed by atoms with E-state index in [9.17, 15) is 4.79 Å². The highest BCUT2D eigenvalue weighted by Crippen LogP contribution is 2.29. The lowest BCUT2D eigenvalue weighted by atomic mass is 9.99. The molecule has 84 valence electrons. The van der Waals surface area contributed by atoms with Gasteiger partial charge in [0, 0.05) is 18.7 Å². The Morgan fingerprint density at radius 3 is 2.81 bits per heavy atom. The van der Waals surface area contributed by atoms with E-state index in [1.54, 1.807) is 12.0 Å². The zero-order valence-corrected chi connectivity index (χ0v) is 9.35. The molecular weight excluding hydrogens is 202 g/mol. The Kier molecular flexibility index (Phi) is 3.25. The largest absolute Gasteiger partial charge is 0.496 e. The minimum atomic E-state index is 0.691. The van der Waals surface area contributed by atoms with E-state index in [0.717, 1.165) is 30.7 Å². The van der Waals surface area contributed by atoms with Crippen molar-refractivity contribution < 1.29 is 9.53 Å². The molecule has 1 aromatic rings. The molecule has 16 heavy (non-hydrogen) atoms. The molecule has 0 atom stereocenters. The fourth-order valence-corrected chi connectivity index (χ4v) is 1.94. The van der Waals surface area contributed by atoms with Crippen LogP contribution in [0.4, 0.5) is 0 Å². The predicted octanol–water partition coefficient (Wildman–Crippen LogP) is 1.94. The van der Waals surface area contributed by atoms with Crippen LogP contribution >= 0.6 is 0 Å². The first-order chi connectivity index (χ1) is 7.85. The maximum Gasteiger partial charge on any atom is 0.209 e. The number of carbonyl (C=O) groups excluding carboxylic acids is 1.